The summed E-state index contributed by atoms with van der Waals surface area (Å²) in [4.78, 5) is 27.7. The number of amides is 1. The Morgan fingerprint density at radius 1 is 1.33 bits per heavy atom. The van der Waals surface area contributed by atoms with Crippen LogP contribution in [0.3, 0.4) is 0 Å². The van der Waals surface area contributed by atoms with Crippen molar-refractivity contribution >= 4 is 22.8 Å². The van der Waals surface area contributed by atoms with Gasteiger partial charge >= 0.3 is 5.97 Å². The Hall–Kier alpha value is -2.43. The SMILES string of the molecule is CCC(C)[C@H](NC(=O)c1ccc2ncccc2c1)C(=O)O. The number of pyridine rings is 1. The van der Waals surface area contributed by atoms with Crippen molar-refractivity contribution in [2.75, 3.05) is 0 Å². The van der Waals surface area contributed by atoms with E-state index in [0.29, 0.717) is 12.0 Å². The highest BCUT2D eigenvalue weighted by molar-refractivity contribution is 5.99. The second-order valence-corrected chi connectivity index (χ2v) is 5.09. The van der Waals surface area contributed by atoms with Gasteiger partial charge in [0.25, 0.3) is 5.91 Å². The molecule has 1 amide bonds. The molecule has 1 heterocycles. The van der Waals surface area contributed by atoms with Crippen LogP contribution in [0.4, 0.5) is 0 Å². The van der Waals surface area contributed by atoms with Crippen molar-refractivity contribution in [2.45, 2.75) is 26.3 Å². The Labute approximate surface area is 123 Å². The molecule has 0 saturated carbocycles. The van der Waals surface area contributed by atoms with E-state index in [1.54, 1.807) is 30.5 Å². The van der Waals surface area contributed by atoms with Gasteiger partial charge in [-0.1, -0.05) is 26.3 Å². The predicted octanol–water partition coefficient (Wildman–Crippen LogP) is 2.46. The number of aromatic nitrogens is 1. The molecule has 21 heavy (non-hydrogen) atoms. The lowest BCUT2D eigenvalue weighted by Crippen LogP contribution is -2.45. The summed E-state index contributed by atoms with van der Waals surface area (Å²) < 4.78 is 0. The first-order chi connectivity index (χ1) is 10.0. The number of nitrogens with one attached hydrogen (secondary N) is 1. The monoisotopic (exact) mass is 286 g/mol. The molecular formula is C16H18N2O3. The van der Waals surface area contributed by atoms with E-state index < -0.39 is 12.0 Å². The van der Waals surface area contributed by atoms with Crippen molar-refractivity contribution in [1.29, 1.82) is 0 Å². The molecule has 0 aliphatic carbocycles. The molecule has 2 rings (SSSR count). The molecule has 2 atom stereocenters. The van der Waals surface area contributed by atoms with Gasteiger partial charge in [-0.3, -0.25) is 9.78 Å². The van der Waals surface area contributed by atoms with Crippen molar-refractivity contribution in [3.8, 4) is 0 Å². The van der Waals surface area contributed by atoms with Crippen molar-refractivity contribution in [2.24, 2.45) is 5.92 Å². The summed E-state index contributed by atoms with van der Waals surface area (Å²) in [7, 11) is 0. The molecule has 2 aromatic rings. The maximum atomic E-state index is 12.2. The summed E-state index contributed by atoms with van der Waals surface area (Å²) in [6.07, 6.45) is 2.37. The van der Waals surface area contributed by atoms with Gasteiger partial charge in [0, 0.05) is 17.1 Å². The number of benzene rings is 1. The number of hydrogen-bond donors (Lipinski definition) is 2. The fourth-order valence-corrected chi connectivity index (χ4v) is 2.12. The zero-order chi connectivity index (χ0) is 15.4. The molecule has 1 aromatic heterocycles. The lowest BCUT2D eigenvalue weighted by molar-refractivity contribution is -0.140. The van der Waals surface area contributed by atoms with E-state index in [9.17, 15) is 14.7 Å². The van der Waals surface area contributed by atoms with Crippen molar-refractivity contribution in [1.82, 2.24) is 10.3 Å². The third-order valence-corrected chi connectivity index (χ3v) is 3.63. The average Bonchev–Trinajstić information content (AvgIpc) is 2.50. The number of carbonyl (C=O) groups is 2. The van der Waals surface area contributed by atoms with Crippen molar-refractivity contribution in [3.63, 3.8) is 0 Å². The van der Waals surface area contributed by atoms with Crippen molar-refractivity contribution in [3.05, 3.63) is 42.1 Å². The topological polar surface area (TPSA) is 79.3 Å². The Kier molecular flexibility index (Phi) is 4.52. The first-order valence-electron chi connectivity index (χ1n) is 6.91. The van der Waals surface area contributed by atoms with Gasteiger partial charge in [-0.15, -0.1) is 0 Å². The minimum absolute atomic E-state index is 0.131. The zero-order valence-corrected chi connectivity index (χ0v) is 12.0. The van der Waals surface area contributed by atoms with Crippen LogP contribution in [0.15, 0.2) is 36.5 Å². The van der Waals surface area contributed by atoms with Crippen LogP contribution in [-0.4, -0.2) is 28.0 Å². The Balaban J connectivity index is 2.23. The van der Waals surface area contributed by atoms with Gasteiger partial charge < -0.3 is 10.4 Å². The number of carbonyl (C=O) groups excluding carboxylic acids is 1. The molecule has 1 aromatic carbocycles. The molecule has 110 valence electrons. The molecule has 0 radical (unpaired) electrons. The van der Waals surface area contributed by atoms with Crippen LogP contribution in [0.5, 0.6) is 0 Å². The van der Waals surface area contributed by atoms with Gasteiger partial charge in [-0.05, 0) is 30.2 Å². The van der Waals surface area contributed by atoms with Crippen LogP contribution in [-0.2, 0) is 4.79 Å². The summed E-state index contributed by atoms with van der Waals surface area (Å²) in [6, 6.07) is 7.90. The molecule has 0 aliphatic heterocycles. The Bertz CT molecular complexity index is 669. The smallest absolute Gasteiger partial charge is 0.326 e. The second kappa shape index (κ2) is 6.35. The van der Waals surface area contributed by atoms with E-state index in [-0.39, 0.29) is 11.8 Å². The molecule has 5 nitrogen and oxygen atoms in total. The number of fused-ring (bicyclic) bond motifs is 1. The van der Waals surface area contributed by atoms with Gasteiger partial charge in [0.15, 0.2) is 0 Å². The molecule has 0 aliphatic rings. The van der Waals surface area contributed by atoms with E-state index in [2.05, 4.69) is 10.3 Å². The summed E-state index contributed by atoms with van der Waals surface area (Å²) >= 11 is 0. The van der Waals surface area contributed by atoms with E-state index in [1.807, 2.05) is 19.9 Å². The number of hydrogen-bond acceptors (Lipinski definition) is 3. The zero-order valence-electron chi connectivity index (χ0n) is 12.0. The summed E-state index contributed by atoms with van der Waals surface area (Å²) in [6.45, 7) is 3.71. The van der Waals surface area contributed by atoms with E-state index in [0.717, 1.165) is 10.9 Å². The maximum absolute atomic E-state index is 12.2. The largest absolute Gasteiger partial charge is 0.480 e. The van der Waals surface area contributed by atoms with E-state index in [1.165, 1.54) is 0 Å². The minimum Gasteiger partial charge on any atom is -0.480 e. The molecule has 2 N–H and O–H groups in total. The lowest BCUT2D eigenvalue weighted by Gasteiger charge is -2.20. The van der Waals surface area contributed by atoms with E-state index >= 15 is 0 Å². The van der Waals surface area contributed by atoms with Crippen LogP contribution >= 0.6 is 0 Å². The van der Waals surface area contributed by atoms with E-state index in [4.69, 9.17) is 0 Å². The Morgan fingerprint density at radius 2 is 2.10 bits per heavy atom. The third kappa shape index (κ3) is 3.37. The van der Waals surface area contributed by atoms with Crippen LogP contribution in [0, 0.1) is 5.92 Å². The molecule has 0 spiro atoms. The fourth-order valence-electron chi connectivity index (χ4n) is 2.12. The highest BCUT2D eigenvalue weighted by Gasteiger charge is 2.25. The number of nitrogens with zero attached hydrogens (tertiary/aromatic N) is 1. The first kappa shape index (κ1) is 15.0. The Morgan fingerprint density at radius 3 is 2.76 bits per heavy atom. The maximum Gasteiger partial charge on any atom is 0.326 e. The van der Waals surface area contributed by atoms with Gasteiger partial charge in [0.1, 0.15) is 6.04 Å². The average molecular weight is 286 g/mol. The van der Waals surface area contributed by atoms with Crippen LogP contribution in [0.2, 0.25) is 0 Å². The molecule has 5 heteroatoms. The van der Waals surface area contributed by atoms with Gasteiger partial charge in [0.2, 0.25) is 0 Å². The molecule has 0 saturated heterocycles. The quantitative estimate of drug-likeness (QED) is 0.885. The lowest BCUT2D eigenvalue weighted by atomic mass is 9.99. The van der Waals surface area contributed by atoms with Crippen molar-refractivity contribution < 1.29 is 14.7 Å². The molecule has 0 bridgehead atoms. The molecule has 1 unspecified atom stereocenters. The van der Waals surface area contributed by atoms with Gasteiger partial charge in [-0.25, -0.2) is 4.79 Å². The minimum atomic E-state index is -1.01. The van der Waals surface area contributed by atoms with Crippen LogP contribution in [0.25, 0.3) is 10.9 Å². The second-order valence-electron chi connectivity index (χ2n) is 5.09. The number of carboxylic acids is 1. The number of aliphatic carboxylic acids is 1. The fraction of sp³-hybridized carbons (Fsp3) is 0.312. The highest BCUT2D eigenvalue weighted by atomic mass is 16.4. The molecular weight excluding hydrogens is 268 g/mol. The standard InChI is InChI=1S/C16H18N2O3/c1-3-10(2)14(16(20)21)18-15(19)12-6-7-13-11(9-12)5-4-8-17-13/h4-10,14H,3H2,1-2H3,(H,18,19)(H,20,21)/t10?,14-/m0/s1. The summed E-state index contributed by atoms with van der Waals surface area (Å²) in [5.74, 6) is -1.53. The molecule has 0 fully saturated rings. The van der Waals surface area contributed by atoms with Gasteiger partial charge in [-0.2, -0.15) is 0 Å². The number of carboxylic acid groups (broad SMARTS) is 1. The predicted molar refractivity (Wildman–Crippen MR) is 80.1 cm³/mol. The third-order valence-electron chi connectivity index (χ3n) is 3.63. The van der Waals surface area contributed by atoms with Gasteiger partial charge in [0.05, 0.1) is 5.52 Å². The number of rotatable bonds is 5. The highest BCUT2D eigenvalue weighted by Crippen LogP contribution is 2.14. The summed E-state index contributed by atoms with van der Waals surface area (Å²) in [5.41, 5.74) is 1.23. The van der Waals surface area contributed by atoms with Crippen LogP contribution < -0.4 is 5.32 Å². The summed E-state index contributed by atoms with van der Waals surface area (Å²) in [5, 5.41) is 12.7. The normalized spacial score (nSPS) is 13.6. The first-order valence-corrected chi connectivity index (χ1v) is 6.91. The van der Waals surface area contributed by atoms with Crippen LogP contribution in [0.1, 0.15) is 30.6 Å².